The van der Waals surface area contributed by atoms with Crippen molar-refractivity contribution < 1.29 is 14.2 Å². The van der Waals surface area contributed by atoms with Gasteiger partial charge in [0.05, 0.1) is 19.8 Å². The normalized spacial score (nSPS) is 16.2. The van der Waals surface area contributed by atoms with Gasteiger partial charge in [0.25, 0.3) is 0 Å². The van der Waals surface area contributed by atoms with Crippen LogP contribution < -0.4 is 0 Å². The molecule has 0 aromatic heterocycles. The van der Waals surface area contributed by atoms with Crippen molar-refractivity contribution in [3.05, 3.63) is 22.9 Å². The number of allylic oxidation sites excluding steroid dienone is 2. The Bertz CT molecular complexity index is 303. The molecule has 0 unspecified atom stereocenters. The molecule has 1 aliphatic rings. The third-order valence-electron chi connectivity index (χ3n) is 2.76. The van der Waals surface area contributed by atoms with E-state index in [-0.39, 0.29) is 0 Å². The third kappa shape index (κ3) is 3.42. The molecule has 0 amide bonds. The summed E-state index contributed by atoms with van der Waals surface area (Å²) >= 11 is 0. The first-order valence-electron chi connectivity index (χ1n) is 6.62. The van der Waals surface area contributed by atoms with Crippen LogP contribution in [0.2, 0.25) is 0 Å². The lowest BCUT2D eigenvalue weighted by Crippen LogP contribution is -2.13. The molecule has 98 valence electrons. The first-order chi connectivity index (χ1) is 8.28. The quantitative estimate of drug-likeness (QED) is 0.678. The number of hydrogen-bond acceptors (Lipinski definition) is 3. The molecular formula is C14H24O3. The Morgan fingerprint density at radius 2 is 1.35 bits per heavy atom. The van der Waals surface area contributed by atoms with Crippen LogP contribution in [0.25, 0.3) is 0 Å². The van der Waals surface area contributed by atoms with Crippen molar-refractivity contribution in [3.8, 4) is 0 Å². The summed E-state index contributed by atoms with van der Waals surface area (Å²) < 4.78 is 17.1. The van der Waals surface area contributed by atoms with Gasteiger partial charge in [-0.1, -0.05) is 6.92 Å². The largest absolute Gasteiger partial charge is 0.494 e. The maximum absolute atomic E-state index is 5.74. The van der Waals surface area contributed by atoms with Crippen LogP contribution in [-0.2, 0) is 14.2 Å². The molecule has 1 rings (SSSR count). The van der Waals surface area contributed by atoms with Gasteiger partial charge >= 0.3 is 0 Å². The highest BCUT2D eigenvalue weighted by atomic mass is 16.5. The van der Waals surface area contributed by atoms with Crippen LogP contribution in [0.15, 0.2) is 22.9 Å². The highest BCUT2D eigenvalue weighted by Gasteiger charge is 2.24. The van der Waals surface area contributed by atoms with Crippen molar-refractivity contribution in [1.82, 2.24) is 0 Å². The van der Waals surface area contributed by atoms with E-state index in [1.54, 1.807) is 0 Å². The predicted molar refractivity (Wildman–Crippen MR) is 68.5 cm³/mol. The second-order valence-corrected chi connectivity index (χ2v) is 3.84. The fourth-order valence-corrected chi connectivity index (χ4v) is 2.03. The van der Waals surface area contributed by atoms with E-state index in [1.807, 2.05) is 20.8 Å². The van der Waals surface area contributed by atoms with Crippen LogP contribution in [0.5, 0.6) is 0 Å². The zero-order valence-electron chi connectivity index (χ0n) is 11.5. The molecule has 0 fully saturated rings. The molecule has 0 spiro atoms. The van der Waals surface area contributed by atoms with Crippen LogP contribution in [0, 0.1) is 0 Å². The molecule has 0 saturated heterocycles. The molecule has 0 aromatic rings. The van der Waals surface area contributed by atoms with Gasteiger partial charge in [0, 0.05) is 6.42 Å². The molecule has 3 nitrogen and oxygen atoms in total. The van der Waals surface area contributed by atoms with Crippen molar-refractivity contribution in [3.63, 3.8) is 0 Å². The summed E-state index contributed by atoms with van der Waals surface area (Å²) in [6.07, 6.45) is 2.94. The minimum Gasteiger partial charge on any atom is -0.494 e. The third-order valence-corrected chi connectivity index (χ3v) is 2.76. The maximum Gasteiger partial charge on any atom is 0.199 e. The summed E-state index contributed by atoms with van der Waals surface area (Å²) in [5.74, 6) is 2.67. The SMILES string of the molecule is CCOC1=C(OCC)C(OCC)=C(CC)CC1. The van der Waals surface area contributed by atoms with Crippen LogP contribution in [0.3, 0.4) is 0 Å². The van der Waals surface area contributed by atoms with Gasteiger partial charge in [0.1, 0.15) is 5.76 Å². The van der Waals surface area contributed by atoms with Gasteiger partial charge in [0.2, 0.25) is 0 Å². The molecule has 0 heterocycles. The van der Waals surface area contributed by atoms with Gasteiger partial charge in [-0.25, -0.2) is 0 Å². The van der Waals surface area contributed by atoms with Gasteiger partial charge in [-0.05, 0) is 39.2 Å². The Balaban J connectivity index is 3.04. The van der Waals surface area contributed by atoms with Crippen molar-refractivity contribution in [2.75, 3.05) is 19.8 Å². The predicted octanol–water partition coefficient (Wildman–Crippen LogP) is 3.77. The average molecular weight is 240 g/mol. The molecule has 0 radical (unpaired) electrons. The maximum atomic E-state index is 5.74. The second-order valence-electron chi connectivity index (χ2n) is 3.84. The molecule has 3 heteroatoms. The zero-order valence-corrected chi connectivity index (χ0v) is 11.5. The van der Waals surface area contributed by atoms with Crippen LogP contribution >= 0.6 is 0 Å². The summed E-state index contributed by atoms with van der Waals surface area (Å²) in [4.78, 5) is 0. The van der Waals surface area contributed by atoms with E-state index in [0.29, 0.717) is 19.8 Å². The van der Waals surface area contributed by atoms with E-state index >= 15 is 0 Å². The molecule has 17 heavy (non-hydrogen) atoms. The monoisotopic (exact) mass is 240 g/mol. The van der Waals surface area contributed by atoms with Gasteiger partial charge < -0.3 is 14.2 Å². The highest BCUT2D eigenvalue weighted by molar-refractivity contribution is 5.33. The van der Waals surface area contributed by atoms with E-state index in [2.05, 4.69) is 6.92 Å². The van der Waals surface area contributed by atoms with E-state index in [0.717, 1.165) is 36.5 Å². The zero-order chi connectivity index (χ0) is 12.7. The van der Waals surface area contributed by atoms with E-state index in [9.17, 15) is 0 Å². The smallest absolute Gasteiger partial charge is 0.199 e. The van der Waals surface area contributed by atoms with Gasteiger partial charge in [-0.15, -0.1) is 0 Å². The summed E-state index contributed by atoms with van der Waals surface area (Å²) in [7, 11) is 0. The summed E-state index contributed by atoms with van der Waals surface area (Å²) in [5.41, 5.74) is 1.33. The molecule has 0 bridgehead atoms. The first-order valence-corrected chi connectivity index (χ1v) is 6.62. The lowest BCUT2D eigenvalue weighted by atomic mass is 9.98. The topological polar surface area (TPSA) is 27.7 Å². The molecule has 0 saturated carbocycles. The summed E-state index contributed by atoms with van der Waals surface area (Å²) in [5, 5.41) is 0. The molecule has 0 atom stereocenters. The van der Waals surface area contributed by atoms with E-state index in [1.165, 1.54) is 5.57 Å². The minimum atomic E-state index is 0.638. The Morgan fingerprint density at radius 1 is 0.765 bits per heavy atom. The van der Waals surface area contributed by atoms with Gasteiger partial charge in [-0.2, -0.15) is 0 Å². The Hall–Kier alpha value is -1.12. The fraction of sp³-hybridized carbons (Fsp3) is 0.714. The second kappa shape index (κ2) is 7.25. The Morgan fingerprint density at radius 3 is 1.88 bits per heavy atom. The summed E-state index contributed by atoms with van der Waals surface area (Å²) in [6.45, 7) is 10.1. The van der Waals surface area contributed by atoms with Crippen LogP contribution in [0.1, 0.15) is 47.0 Å². The van der Waals surface area contributed by atoms with Crippen molar-refractivity contribution in [1.29, 1.82) is 0 Å². The lowest BCUT2D eigenvalue weighted by molar-refractivity contribution is 0.121. The van der Waals surface area contributed by atoms with Crippen LogP contribution in [0.4, 0.5) is 0 Å². The Kier molecular flexibility index (Phi) is 5.95. The molecular weight excluding hydrogens is 216 g/mol. The van der Waals surface area contributed by atoms with Gasteiger partial charge in [-0.3, -0.25) is 0 Å². The number of rotatable bonds is 7. The Labute approximate surface area is 104 Å². The molecule has 0 N–H and O–H groups in total. The fourth-order valence-electron chi connectivity index (χ4n) is 2.03. The van der Waals surface area contributed by atoms with E-state index < -0.39 is 0 Å². The van der Waals surface area contributed by atoms with Crippen LogP contribution in [-0.4, -0.2) is 19.8 Å². The van der Waals surface area contributed by atoms with Crippen molar-refractivity contribution in [2.45, 2.75) is 47.0 Å². The van der Waals surface area contributed by atoms with Crippen molar-refractivity contribution >= 4 is 0 Å². The van der Waals surface area contributed by atoms with E-state index in [4.69, 9.17) is 14.2 Å². The molecule has 0 aromatic carbocycles. The molecule has 1 aliphatic carbocycles. The number of hydrogen-bond donors (Lipinski definition) is 0. The number of ether oxygens (including phenoxy) is 3. The highest BCUT2D eigenvalue weighted by Crippen LogP contribution is 2.33. The minimum absolute atomic E-state index is 0.638. The average Bonchev–Trinajstić information content (AvgIpc) is 2.34. The standard InChI is InChI=1S/C14H24O3/c1-5-11-9-10-12(15-6-2)14(17-8-4)13(11)16-7-3/h5-10H2,1-4H3. The lowest BCUT2D eigenvalue weighted by Gasteiger charge is -2.25. The summed E-state index contributed by atoms with van der Waals surface area (Å²) in [6, 6.07) is 0. The van der Waals surface area contributed by atoms with Crippen molar-refractivity contribution in [2.24, 2.45) is 0 Å². The molecule has 0 aliphatic heterocycles. The first kappa shape index (κ1) is 13.9. The van der Waals surface area contributed by atoms with Gasteiger partial charge in [0.15, 0.2) is 11.5 Å².